The minimum Gasteiger partial charge on any atom is -0.326 e. The number of hydrogen-bond donors (Lipinski definition) is 1. The number of carbonyl (C=O) groups excluding carboxylic acids is 1. The molecule has 0 aliphatic heterocycles. The van der Waals surface area contributed by atoms with E-state index in [4.69, 9.17) is 0 Å². The maximum absolute atomic E-state index is 12.0. The molecule has 6 heteroatoms. The average molecular weight is 349 g/mol. The third-order valence-electron chi connectivity index (χ3n) is 2.99. The van der Waals surface area contributed by atoms with E-state index in [0.717, 1.165) is 21.3 Å². The number of nitro groups is 1. The number of carbonyl (C=O) groups is 1. The molecule has 0 bridgehead atoms. The molecule has 2 aromatic rings. The second kappa shape index (κ2) is 6.49. The molecule has 1 amide bonds. The zero-order valence-corrected chi connectivity index (χ0v) is 12.9. The number of rotatable bonds is 4. The van der Waals surface area contributed by atoms with E-state index in [1.165, 1.54) is 12.1 Å². The molecular weight excluding hydrogens is 336 g/mol. The number of hydrogen-bond acceptors (Lipinski definition) is 3. The second-order valence-electron chi connectivity index (χ2n) is 4.61. The van der Waals surface area contributed by atoms with Crippen LogP contribution in [0.4, 0.5) is 11.4 Å². The van der Waals surface area contributed by atoms with Gasteiger partial charge in [-0.2, -0.15) is 0 Å². The summed E-state index contributed by atoms with van der Waals surface area (Å²) in [7, 11) is 0. The van der Waals surface area contributed by atoms with Crippen molar-refractivity contribution in [1.29, 1.82) is 0 Å². The number of nitro benzene ring substituents is 1. The Balaban J connectivity index is 2.04. The first kappa shape index (κ1) is 15.2. The van der Waals surface area contributed by atoms with Crippen LogP contribution in [0.5, 0.6) is 0 Å². The van der Waals surface area contributed by atoms with Gasteiger partial charge in [0.2, 0.25) is 5.91 Å². The number of aryl methyl sites for hydroxylation is 1. The highest BCUT2D eigenvalue weighted by atomic mass is 79.9. The van der Waals surface area contributed by atoms with Crippen molar-refractivity contribution in [3.05, 3.63) is 68.2 Å². The Kier molecular flexibility index (Phi) is 4.70. The van der Waals surface area contributed by atoms with Gasteiger partial charge in [-0.1, -0.05) is 34.1 Å². The lowest BCUT2D eigenvalue weighted by molar-refractivity contribution is -0.384. The number of amides is 1. The second-order valence-corrected chi connectivity index (χ2v) is 5.52. The van der Waals surface area contributed by atoms with Gasteiger partial charge >= 0.3 is 0 Å². The van der Waals surface area contributed by atoms with E-state index in [-0.39, 0.29) is 18.0 Å². The van der Waals surface area contributed by atoms with Crippen LogP contribution in [0.2, 0.25) is 0 Å². The molecular formula is C15H13BrN2O3. The van der Waals surface area contributed by atoms with E-state index in [9.17, 15) is 14.9 Å². The number of benzene rings is 2. The van der Waals surface area contributed by atoms with Gasteiger partial charge in [-0.25, -0.2) is 0 Å². The average Bonchev–Trinajstić information content (AvgIpc) is 2.43. The van der Waals surface area contributed by atoms with Crippen LogP contribution >= 0.6 is 15.9 Å². The first-order valence-corrected chi connectivity index (χ1v) is 7.04. The fraction of sp³-hybridized carbons (Fsp3) is 0.133. The van der Waals surface area contributed by atoms with Crippen molar-refractivity contribution in [3.63, 3.8) is 0 Å². The molecule has 0 saturated carbocycles. The molecule has 0 aromatic heterocycles. The Bertz CT molecular complexity index is 684. The summed E-state index contributed by atoms with van der Waals surface area (Å²) < 4.78 is 0.888. The molecule has 0 saturated heterocycles. The lowest BCUT2D eigenvalue weighted by atomic mass is 10.1. The maximum atomic E-state index is 12.0. The van der Waals surface area contributed by atoms with E-state index in [1.54, 1.807) is 12.1 Å². The van der Waals surface area contributed by atoms with Crippen molar-refractivity contribution in [1.82, 2.24) is 0 Å². The van der Waals surface area contributed by atoms with E-state index in [2.05, 4.69) is 21.2 Å². The Labute approximate surface area is 130 Å². The number of nitrogens with zero attached hydrogens (tertiary/aromatic N) is 1. The molecule has 0 fully saturated rings. The van der Waals surface area contributed by atoms with Crippen LogP contribution in [0, 0.1) is 17.0 Å². The fourth-order valence-electron chi connectivity index (χ4n) is 1.84. The van der Waals surface area contributed by atoms with Gasteiger partial charge in [0.15, 0.2) is 0 Å². The molecule has 21 heavy (non-hydrogen) atoms. The molecule has 0 radical (unpaired) electrons. The summed E-state index contributed by atoms with van der Waals surface area (Å²) in [6, 6.07) is 11.6. The monoisotopic (exact) mass is 348 g/mol. The minimum absolute atomic E-state index is 0.0157. The fourth-order valence-corrected chi connectivity index (χ4v) is 2.21. The molecule has 0 spiro atoms. The van der Waals surface area contributed by atoms with Gasteiger partial charge in [0.25, 0.3) is 5.69 Å². The number of halogens is 1. The van der Waals surface area contributed by atoms with E-state index in [1.807, 2.05) is 25.1 Å². The maximum Gasteiger partial charge on any atom is 0.269 e. The predicted molar refractivity (Wildman–Crippen MR) is 84.3 cm³/mol. The summed E-state index contributed by atoms with van der Waals surface area (Å²) in [5.74, 6) is -0.162. The van der Waals surface area contributed by atoms with Crippen LogP contribution in [0.1, 0.15) is 11.1 Å². The van der Waals surface area contributed by atoms with Crippen LogP contribution in [0.25, 0.3) is 0 Å². The summed E-state index contributed by atoms with van der Waals surface area (Å²) >= 11 is 3.36. The SMILES string of the molecule is Cc1ccc(Br)cc1NC(=O)Cc1ccc([N+](=O)[O-])cc1. The summed E-state index contributed by atoms with van der Waals surface area (Å²) in [6.45, 7) is 1.91. The van der Waals surface area contributed by atoms with Crippen molar-refractivity contribution in [3.8, 4) is 0 Å². The van der Waals surface area contributed by atoms with Gasteiger partial charge in [-0.15, -0.1) is 0 Å². The Morgan fingerprint density at radius 1 is 1.24 bits per heavy atom. The lowest BCUT2D eigenvalue weighted by Crippen LogP contribution is -2.15. The number of anilines is 1. The molecule has 5 nitrogen and oxygen atoms in total. The van der Waals surface area contributed by atoms with Gasteiger partial charge in [0, 0.05) is 22.3 Å². The first-order chi connectivity index (χ1) is 9.95. The molecule has 108 valence electrons. The van der Waals surface area contributed by atoms with Crippen LogP contribution in [-0.4, -0.2) is 10.8 Å². The standard InChI is InChI=1S/C15H13BrN2O3/c1-10-2-5-12(16)9-14(10)17-15(19)8-11-3-6-13(7-4-11)18(20)21/h2-7,9H,8H2,1H3,(H,17,19). The third-order valence-corrected chi connectivity index (χ3v) is 3.48. The first-order valence-electron chi connectivity index (χ1n) is 6.25. The molecule has 0 atom stereocenters. The predicted octanol–water partition coefficient (Wildman–Crippen LogP) is 3.85. The van der Waals surface area contributed by atoms with E-state index in [0.29, 0.717) is 0 Å². The molecule has 2 rings (SSSR count). The molecule has 0 aliphatic rings. The quantitative estimate of drug-likeness (QED) is 0.673. The molecule has 0 unspecified atom stereocenters. The van der Waals surface area contributed by atoms with Crippen molar-refractivity contribution >= 4 is 33.2 Å². The molecule has 2 aromatic carbocycles. The summed E-state index contributed by atoms with van der Waals surface area (Å²) in [5, 5.41) is 13.4. The zero-order chi connectivity index (χ0) is 15.4. The van der Waals surface area contributed by atoms with Crippen molar-refractivity contribution < 1.29 is 9.72 Å². The highest BCUT2D eigenvalue weighted by molar-refractivity contribution is 9.10. The van der Waals surface area contributed by atoms with Crippen molar-refractivity contribution in [2.75, 3.05) is 5.32 Å². The molecule has 1 N–H and O–H groups in total. The van der Waals surface area contributed by atoms with Gasteiger partial charge in [-0.3, -0.25) is 14.9 Å². The van der Waals surface area contributed by atoms with Gasteiger partial charge in [-0.05, 0) is 30.2 Å². The Morgan fingerprint density at radius 3 is 2.52 bits per heavy atom. The summed E-state index contributed by atoms with van der Waals surface area (Å²) in [6.07, 6.45) is 0.171. The van der Waals surface area contributed by atoms with Crippen LogP contribution in [0.3, 0.4) is 0 Å². The van der Waals surface area contributed by atoms with E-state index >= 15 is 0 Å². The van der Waals surface area contributed by atoms with Crippen LogP contribution < -0.4 is 5.32 Å². The normalized spacial score (nSPS) is 10.2. The third kappa shape index (κ3) is 4.13. The molecule has 0 heterocycles. The topological polar surface area (TPSA) is 72.2 Å². The van der Waals surface area contributed by atoms with Crippen LogP contribution in [0.15, 0.2) is 46.9 Å². The zero-order valence-electron chi connectivity index (χ0n) is 11.3. The van der Waals surface area contributed by atoms with E-state index < -0.39 is 4.92 Å². The van der Waals surface area contributed by atoms with Crippen LogP contribution in [-0.2, 0) is 11.2 Å². The summed E-state index contributed by atoms with van der Waals surface area (Å²) in [5.41, 5.74) is 2.46. The molecule has 0 aliphatic carbocycles. The van der Waals surface area contributed by atoms with Crippen molar-refractivity contribution in [2.24, 2.45) is 0 Å². The Morgan fingerprint density at radius 2 is 1.90 bits per heavy atom. The number of nitrogens with one attached hydrogen (secondary N) is 1. The smallest absolute Gasteiger partial charge is 0.269 e. The van der Waals surface area contributed by atoms with Crippen molar-refractivity contribution in [2.45, 2.75) is 13.3 Å². The summed E-state index contributed by atoms with van der Waals surface area (Å²) in [4.78, 5) is 22.1. The highest BCUT2D eigenvalue weighted by Crippen LogP contribution is 2.21. The lowest BCUT2D eigenvalue weighted by Gasteiger charge is -2.09. The number of non-ortho nitro benzene ring substituents is 1. The minimum atomic E-state index is -0.464. The van der Waals surface area contributed by atoms with Gasteiger partial charge < -0.3 is 5.32 Å². The highest BCUT2D eigenvalue weighted by Gasteiger charge is 2.09. The van der Waals surface area contributed by atoms with Gasteiger partial charge in [0.1, 0.15) is 0 Å². The Hall–Kier alpha value is -2.21. The van der Waals surface area contributed by atoms with Gasteiger partial charge in [0.05, 0.1) is 11.3 Å². The largest absolute Gasteiger partial charge is 0.326 e.